The molecule has 0 aliphatic carbocycles. The molecule has 4 nitrogen and oxygen atoms in total. The summed E-state index contributed by atoms with van der Waals surface area (Å²) in [4.78, 5) is 11.9. The van der Waals surface area contributed by atoms with Crippen molar-refractivity contribution >= 4 is 17.5 Å². The third-order valence-electron chi connectivity index (χ3n) is 3.20. The van der Waals surface area contributed by atoms with E-state index in [4.69, 9.17) is 21.1 Å². The van der Waals surface area contributed by atoms with Gasteiger partial charge in [-0.3, -0.25) is 4.79 Å². The Kier molecular flexibility index (Phi) is 6.91. The first kappa shape index (κ1) is 17.3. The van der Waals surface area contributed by atoms with Crippen molar-refractivity contribution in [2.45, 2.75) is 19.6 Å². The molecule has 0 spiro atoms. The molecule has 0 aliphatic rings. The van der Waals surface area contributed by atoms with Gasteiger partial charge in [-0.15, -0.1) is 0 Å². The number of rotatable bonds is 8. The number of carbonyl (C=O) groups is 1. The van der Waals surface area contributed by atoms with Gasteiger partial charge in [-0.2, -0.15) is 0 Å². The Hall–Kier alpha value is -2.04. The molecule has 0 fully saturated rings. The molecule has 0 aromatic heterocycles. The molecule has 0 aliphatic heterocycles. The summed E-state index contributed by atoms with van der Waals surface area (Å²) in [6.45, 7) is 2.95. The lowest BCUT2D eigenvalue weighted by Gasteiger charge is -2.14. The highest BCUT2D eigenvalue weighted by molar-refractivity contribution is 6.30. The van der Waals surface area contributed by atoms with Crippen LogP contribution in [0.5, 0.6) is 5.75 Å². The van der Waals surface area contributed by atoms with Crippen LogP contribution in [0.15, 0.2) is 54.6 Å². The number of hydrogen-bond acceptors (Lipinski definition) is 3. The van der Waals surface area contributed by atoms with E-state index in [2.05, 4.69) is 5.32 Å². The molecular weight excluding hydrogens is 314 g/mol. The average Bonchev–Trinajstić information content (AvgIpc) is 2.59. The fraction of sp³-hybridized carbons (Fsp3) is 0.278. The van der Waals surface area contributed by atoms with Crippen molar-refractivity contribution in [1.82, 2.24) is 5.32 Å². The second-order valence-corrected chi connectivity index (χ2v) is 5.47. The van der Waals surface area contributed by atoms with Gasteiger partial charge in [-0.05, 0) is 36.8 Å². The molecule has 0 saturated heterocycles. The van der Waals surface area contributed by atoms with Crippen molar-refractivity contribution < 1.29 is 14.3 Å². The zero-order chi connectivity index (χ0) is 16.5. The number of carbonyl (C=O) groups excluding carboxylic acids is 1. The van der Waals surface area contributed by atoms with Gasteiger partial charge in [0.05, 0.1) is 13.2 Å². The van der Waals surface area contributed by atoms with Gasteiger partial charge in [-0.1, -0.05) is 41.9 Å². The van der Waals surface area contributed by atoms with Crippen molar-refractivity contribution in [2.75, 3.05) is 13.2 Å². The molecule has 0 heterocycles. The lowest BCUT2D eigenvalue weighted by molar-refractivity contribution is -0.132. The Balaban J connectivity index is 1.63. The molecule has 23 heavy (non-hydrogen) atoms. The summed E-state index contributed by atoms with van der Waals surface area (Å²) >= 11 is 5.80. The van der Waals surface area contributed by atoms with Gasteiger partial charge in [0.2, 0.25) is 5.91 Å². The van der Waals surface area contributed by atoms with Crippen molar-refractivity contribution in [1.29, 1.82) is 0 Å². The smallest absolute Gasteiger partial charge is 0.248 e. The topological polar surface area (TPSA) is 47.6 Å². The maximum atomic E-state index is 11.9. The Labute approximate surface area is 141 Å². The summed E-state index contributed by atoms with van der Waals surface area (Å²) in [5, 5.41) is 3.45. The van der Waals surface area contributed by atoms with Crippen molar-refractivity contribution in [3.05, 3.63) is 65.2 Å². The van der Waals surface area contributed by atoms with Gasteiger partial charge in [-0.25, -0.2) is 0 Å². The zero-order valence-electron chi connectivity index (χ0n) is 13.0. The van der Waals surface area contributed by atoms with E-state index >= 15 is 0 Å². The van der Waals surface area contributed by atoms with Crippen LogP contribution in [0.2, 0.25) is 5.02 Å². The van der Waals surface area contributed by atoms with Crippen LogP contribution in [0.3, 0.4) is 0 Å². The summed E-state index contributed by atoms with van der Waals surface area (Å²) in [5.74, 6) is 0.567. The Morgan fingerprint density at radius 2 is 1.83 bits per heavy atom. The van der Waals surface area contributed by atoms with E-state index in [-0.39, 0.29) is 5.91 Å². The first-order valence-corrected chi connectivity index (χ1v) is 7.84. The normalized spacial score (nSPS) is 11.7. The summed E-state index contributed by atoms with van der Waals surface area (Å²) in [7, 11) is 0. The first-order valence-electron chi connectivity index (χ1n) is 7.47. The van der Waals surface area contributed by atoms with E-state index in [1.54, 1.807) is 31.2 Å². The average molecular weight is 334 g/mol. The lowest BCUT2D eigenvalue weighted by Crippen LogP contribution is -2.36. The number of amides is 1. The standard InChI is InChI=1S/C18H20ClNO3/c1-14(23-13-15-5-3-2-4-6-15)18(21)20-11-12-22-17-9-7-16(19)8-10-17/h2-10,14H,11-13H2,1H3,(H,20,21). The second-order valence-electron chi connectivity index (χ2n) is 5.03. The molecule has 122 valence electrons. The van der Waals surface area contributed by atoms with E-state index in [1.165, 1.54) is 0 Å². The number of nitrogens with one attached hydrogen (secondary N) is 1. The number of hydrogen-bond donors (Lipinski definition) is 1. The van der Waals surface area contributed by atoms with Gasteiger partial charge in [0.15, 0.2) is 0 Å². The van der Waals surface area contributed by atoms with Crippen LogP contribution in [0.4, 0.5) is 0 Å². The molecule has 0 radical (unpaired) electrons. The first-order chi connectivity index (χ1) is 11.1. The third-order valence-corrected chi connectivity index (χ3v) is 3.45. The minimum absolute atomic E-state index is 0.152. The molecule has 0 bridgehead atoms. The zero-order valence-corrected chi connectivity index (χ0v) is 13.8. The number of halogens is 1. The number of ether oxygens (including phenoxy) is 2. The molecule has 1 unspecified atom stereocenters. The molecule has 2 aromatic carbocycles. The third kappa shape index (κ3) is 6.30. The van der Waals surface area contributed by atoms with Gasteiger partial charge in [0, 0.05) is 5.02 Å². The van der Waals surface area contributed by atoms with Gasteiger partial charge >= 0.3 is 0 Å². The maximum absolute atomic E-state index is 11.9. The van der Waals surface area contributed by atoms with Crippen LogP contribution < -0.4 is 10.1 Å². The minimum Gasteiger partial charge on any atom is -0.492 e. The highest BCUT2D eigenvalue weighted by Gasteiger charge is 2.12. The molecule has 2 rings (SSSR count). The Morgan fingerprint density at radius 1 is 1.13 bits per heavy atom. The van der Waals surface area contributed by atoms with Crippen molar-refractivity contribution in [2.24, 2.45) is 0 Å². The van der Waals surface area contributed by atoms with E-state index in [1.807, 2.05) is 30.3 Å². The summed E-state index contributed by atoms with van der Waals surface area (Å²) < 4.78 is 11.1. The van der Waals surface area contributed by atoms with E-state index in [0.29, 0.717) is 24.8 Å². The molecule has 0 saturated carbocycles. The highest BCUT2D eigenvalue weighted by atomic mass is 35.5. The summed E-state index contributed by atoms with van der Waals surface area (Å²) in [6.07, 6.45) is -0.509. The Bertz CT molecular complexity index is 601. The predicted molar refractivity (Wildman–Crippen MR) is 90.6 cm³/mol. The molecule has 1 amide bonds. The number of benzene rings is 2. The van der Waals surface area contributed by atoms with Crippen LogP contribution in [-0.4, -0.2) is 25.2 Å². The monoisotopic (exact) mass is 333 g/mol. The van der Waals surface area contributed by atoms with E-state index in [9.17, 15) is 4.79 Å². The van der Waals surface area contributed by atoms with Gasteiger partial charge in [0.25, 0.3) is 0 Å². The quantitative estimate of drug-likeness (QED) is 0.753. The molecule has 1 N–H and O–H groups in total. The Morgan fingerprint density at radius 3 is 2.52 bits per heavy atom. The SMILES string of the molecule is CC(OCc1ccccc1)C(=O)NCCOc1ccc(Cl)cc1. The lowest BCUT2D eigenvalue weighted by atomic mass is 10.2. The maximum Gasteiger partial charge on any atom is 0.248 e. The fourth-order valence-electron chi connectivity index (χ4n) is 1.89. The van der Waals surface area contributed by atoms with Crippen LogP contribution in [0.25, 0.3) is 0 Å². The van der Waals surface area contributed by atoms with E-state index < -0.39 is 6.10 Å². The van der Waals surface area contributed by atoms with E-state index in [0.717, 1.165) is 11.3 Å². The van der Waals surface area contributed by atoms with Crippen LogP contribution >= 0.6 is 11.6 Å². The minimum atomic E-state index is -0.509. The van der Waals surface area contributed by atoms with Crippen LogP contribution in [0, 0.1) is 0 Å². The highest BCUT2D eigenvalue weighted by Crippen LogP contribution is 2.15. The summed E-state index contributed by atoms with van der Waals surface area (Å²) in [5.41, 5.74) is 1.04. The second kappa shape index (κ2) is 9.18. The molecular formula is C18H20ClNO3. The molecule has 5 heteroatoms. The molecule has 1 atom stereocenters. The van der Waals surface area contributed by atoms with Crippen LogP contribution in [0.1, 0.15) is 12.5 Å². The summed E-state index contributed by atoms with van der Waals surface area (Å²) in [6, 6.07) is 16.8. The molecule has 2 aromatic rings. The van der Waals surface area contributed by atoms with Gasteiger partial charge in [0.1, 0.15) is 18.5 Å². The fourth-order valence-corrected chi connectivity index (χ4v) is 2.01. The van der Waals surface area contributed by atoms with Crippen LogP contribution in [-0.2, 0) is 16.1 Å². The largest absolute Gasteiger partial charge is 0.492 e. The van der Waals surface area contributed by atoms with Crippen molar-refractivity contribution in [3.8, 4) is 5.75 Å². The van der Waals surface area contributed by atoms with Crippen molar-refractivity contribution in [3.63, 3.8) is 0 Å². The van der Waals surface area contributed by atoms with Gasteiger partial charge < -0.3 is 14.8 Å². The predicted octanol–water partition coefficient (Wildman–Crippen LogP) is 3.44.